The molecule has 0 aliphatic carbocycles. The van der Waals surface area contributed by atoms with Crippen LogP contribution >= 0.6 is 0 Å². The first-order chi connectivity index (χ1) is 5.91. The van der Waals surface area contributed by atoms with Gasteiger partial charge in [-0.3, -0.25) is 4.79 Å². The van der Waals surface area contributed by atoms with Crippen LogP contribution in [0.25, 0.3) is 0 Å². The van der Waals surface area contributed by atoms with Crippen LogP contribution in [0.3, 0.4) is 0 Å². The average Bonchev–Trinajstić information content (AvgIpc) is 2.34. The fourth-order valence-corrected chi connectivity index (χ4v) is 1.10. The third-order valence-electron chi connectivity index (χ3n) is 2.06. The second kappa shape index (κ2) is 3.68. The van der Waals surface area contributed by atoms with Crippen molar-refractivity contribution in [2.24, 2.45) is 5.41 Å². The quantitative estimate of drug-likeness (QED) is 0.563. The minimum Gasteiger partial charge on any atom is -0.426 e. The lowest BCUT2D eigenvalue weighted by Gasteiger charge is -2.21. The standard InChI is InChI=1S/C8H16BNO3/c1-8(2,3)7(11)10-6-4-5-13-9(6)12/h6,12H,4-5H2,1-3H3,(H,10,11). The highest BCUT2D eigenvalue weighted by Crippen LogP contribution is 2.15. The van der Waals surface area contributed by atoms with Gasteiger partial charge in [0.2, 0.25) is 5.91 Å². The lowest BCUT2D eigenvalue weighted by molar-refractivity contribution is -0.128. The van der Waals surface area contributed by atoms with Crippen LogP contribution in [0.15, 0.2) is 0 Å². The zero-order valence-electron chi connectivity index (χ0n) is 8.33. The van der Waals surface area contributed by atoms with E-state index in [9.17, 15) is 9.82 Å². The fourth-order valence-electron chi connectivity index (χ4n) is 1.10. The summed E-state index contributed by atoms with van der Waals surface area (Å²) < 4.78 is 4.92. The van der Waals surface area contributed by atoms with E-state index in [4.69, 9.17) is 4.65 Å². The van der Waals surface area contributed by atoms with Gasteiger partial charge in [0.25, 0.3) is 0 Å². The summed E-state index contributed by atoms with van der Waals surface area (Å²) >= 11 is 0. The van der Waals surface area contributed by atoms with Crippen LogP contribution in [0.2, 0.25) is 0 Å². The van der Waals surface area contributed by atoms with E-state index in [1.54, 1.807) is 0 Å². The largest absolute Gasteiger partial charge is 0.478 e. The Kier molecular flexibility index (Phi) is 2.98. The molecule has 1 amide bonds. The average molecular weight is 185 g/mol. The van der Waals surface area contributed by atoms with Crippen LogP contribution in [0, 0.1) is 5.41 Å². The lowest BCUT2D eigenvalue weighted by atomic mass is 9.79. The Hall–Kier alpha value is -0.545. The summed E-state index contributed by atoms with van der Waals surface area (Å²) in [6.45, 7) is 6.02. The van der Waals surface area contributed by atoms with Crippen LogP contribution in [-0.2, 0) is 9.45 Å². The number of rotatable bonds is 1. The maximum absolute atomic E-state index is 11.5. The Labute approximate surface area is 78.8 Å². The third kappa shape index (κ3) is 2.71. The van der Waals surface area contributed by atoms with E-state index in [0.29, 0.717) is 13.0 Å². The van der Waals surface area contributed by atoms with Crippen molar-refractivity contribution in [2.75, 3.05) is 6.61 Å². The maximum Gasteiger partial charge on any atom is 0.478 e. The Bertz CT molecular complexity index is 202. The first-order valence-corrected chi connectivity index (χ1v) is 4.52. The van der Waals surface area contributed by atoms with Gasteiger partial charge in [0.15, 0.2) is 0 Å². The van der Waals surface area contributed by atoms with Crippen molar-refractivity contribution in [1.82, 2.24) is 5.32 Å². The zero-order valence-corrected chi connectivity index (χ0v) is 8.33. The highest BCUT2D eigenvalue weighted by atomic mass is 16.5. The molecule has 0 saturated carbocycles. The van der Waals surface area contributed by atoms with Gasteiger partial charge in [-0.15, -0.1) is 0 Å². The Morgan fingerprint density at radius 1 is 1.62 bits per heavy atom. The molecule has 0 aromatic carbocycles. The number of hydrogen-bond donors (Lipinski definition) is 2. The number of amides is 1. The molecule has 5 heteroatoms. The minimum absolute atomic E-state index is 0.0537. The van der Waals surface area contributed by atoms with E-state index < -0.39 is 12.5 Å². The van der Waals surface area contributed by atoms with Crippen LogP contribution in [0.4, 0.5) is 0 Å². The Balaban J connectivity index is 2.45. The molecule has 1 unspecified atom stereocenters. The van der Waals surface area contributed by atoms with E-state index >= 15 is 0 Å². The molecule has 0 radical (unpaired) electrons. The van der Waals surface area contributed by atoms with Crippen molar-refractivity contribution >= 4 is 13.0 Å². The van der Waals surface area contributed by atoms with Crippen molar-refractivity contribution in [2.45, 2.75) is 33.1 Å². The van der Waals surface area contributed by atoms with Crippen molar-refractivity contribution in [3.63, 3.8) is 0 Å². The van der Waals surface area contributed by atoms with Crippen LogP contribution in [-0.4, -0.2) is 30.6 Å². The first kappa shape index (κ1) is 10.5. The molecule has 1 aliphatic rings. The van der Waals surface area contributed by atoms with E-state index in [-0.39, 0.29) is 11.8 Å². The zero-order chi connectivity index (χ0) is 10.1. The summed E-state index contributed by atoms with van der Waals surface area (Å²) in [5.41, 5.74) is -0.414. The molecule has 2 N–H and O–H groups in total. The molecule has 4 nitrogen and oxygen atoms in total. The smallest absolute Gasteiger partial charge is 0.426 e. The Morgan fingerprint density at radius 3 is 2.62 bits per heavy atom. The van der Waals surface area contributed by atoms with Gasteiger partial charge in [0, 0.05) is 12.0 Å². The molecule has 1 atom stereocenters. The van der Waals surface area contributed by atoms with Gasteiger partial charge in [-0.1, -0.05) is 20.8 Å². The third-order valence-corrected chi connectivity index (χ3v) is 2.06. The van der Waals surface area contributed by atoms with Gasteiger partial charge in [0.1, 0.15) is 0 Å². The van der Waals surface area contributed by atoms with Crippen molar-refractivity contribution in [3.05, 3.63) is 0 Å². The molecule has 0 spiro atoms. The predicted octanol–water partition coefficient (Wildman–Crippen LogP) is -0.0427. The fraction of sp³-hybridized carbons (Fsp3) is 0.875. The molecular formula is C8H16BNO3. The summed E-state index contributed by atoms with van der Waals surface area (Å²) in [4.78, 5) is 11.5. The molecule has 1 rings (SSSR count). The SMILES string of the molecule is CC(C)(C)C(=O)NC1CCOB1O. The molecule has 1 aliphatic heterocycles. The van der Waals surface area contributed by atoms with Gasteiger partial charge in [-0.05, 0) is 6.42 Å². The summed E-state index contributed by atoms with van der Waals surface area (Å²) in [7, 11) is -0.841. The number of nitrogens with one attached hydrogen (secondary N) is 1. The maximum atomic E-state index is 11.5. The van der Waals surface area contributed by atoms with Crippen LogP contribution in [0.5, 0.6) is 0 Å². The minimum atomic E-state index is -0.841. The second-order valence-electron chi connectivity index (χ2n) is 4.38. The molecule has 74 valence electrons. The molecule has 0 aromatic heterocycles. The molecule has 13 heavy (non-hydrogen) atoms. The first-order valence-electron chi connectivity index (χ1n) is 4.52. The van der Waals surface area contributed by atoms with Crippen LogP contribution in [0.1, 0.15) is 27.2 Å². The van der Waals surface area contributed by atoms with Gasteiger partial charge >= 0.3 is 7.12 Å². The molecular weight excluding hydrogens is 169 g/mol. The van der Waals surface area contributed by atoms with E-state index in [1.165, 1.54) is 0 Å². The van der Waals surface area contributed by atoms with E-state index in [2.05, 4.69) is 5.32 Å². The second-order valence-corrected chi connectivity index (χ2v) is 4.38. The Morgan fingerprint density at radius 2 is 2.23 bits per heavy atom. The van der Waals surface area contributed by atoms with Crippen molar-refractivity contribution in [3.8, 4) is 0 Å². The van der Waals surface area contributed by atoms with Crippen molar-refractivity contribution in [1.29, 1.82) is 0 Å². The van der Waals surface area contributed by atoms with Crippen molar-refractivity contribution < 1.29 is 14.5 Å². The summed E-state index contributed by atoms with van der Waals surface area (Å²) in [6, 6.07) is 0. The van der Waals surface area contributed by atoms with Gasteiger partial charge in [-0.25, -0.2) is 0 Å². The molecule has 0 aromatic rings. The monoisotopic (exact) mass is 185 g/mol. The number of carbonyl (C=O) groups is 1. The number of hydrogen-bond acceptors (Lipinski definition) is 3. The topological polar surface area (TPSA) is 58.6 Å². The highest BCUT2D eigenvalue weighted by molar-refractivity contribution is 6.46. The summed E-state index contributed by atoms with van der Waals surface area (Å²) in [6.07, 6.45) is 0.684. The van der Waals surface area contributed by atoms with Gasteiger partial charge < -0.3 is 15.0 Å². The van der Waals surface area contributed by atoms with E-state index in [1.807, 2.05) is 20.8 Å². The number of carbonyl (C=O) groups excluding carboxylic acids is 1. The molecule has 1 fully saturated rings. The highest BCUT2D eigenvalue weighted by Gasteiger charge is 2.35. The lowest BCUT2D eigenvalue weighted by Crippen LogP contribution is -2.47. The molecule has 1 saturated heterocycles. The van der Waals surface area contributed by atoms with E-state index in [0.717, 1.165) is 0 Å². The molecule has 1 heterocycles. The van der Waals surface area contributed by atoms with Gasteiger partial charge in [-0.2, -0.15) is 0 Å². The summed E-state index contributed by atoms with van der Waals surface area (Å²) in [5.74, 6) is -0.297. The van der Waals surface area contributed by atoms with Crippen LogP contribution < -0.4 is 5.32 Å². The normalized spacial score (nSPS) is 23.4. The van der Waals surface area contributed by atoms with Gasteiger partial charge in [0.05, 0.1) is 5.94 Å². The summed E-state index contributed by atoms with van der Waals surface area (Å²) in [5, 5.41) is 12.0. The molecule has 0 bridgehead atoms. The predicted molar refractivity (Wildman–Crippen MR) is 49.9 cm³/mol.